The van der Waals surface area contributed by atoms with Crippen LogP contribution in [0.4, 0.5) is 4.39 Å². The quantitative estimate of drug-likeness (QED) is 0.714. The molecule has 0 bridgehead atoms. The first-order valence-electron chi connectivity index (χ1n) is 7.03. The van der Waals surface area contributed by atoms with Gasteiger partial charge >= 0.3 is 0 Å². The molecular weight excluding hydrogens is 353 g/mol. The van der Waals surface area contributed by atoms with Gasteiger partial charge in [0.2, 0.25) is 0 Å². The predicted molar refractivity (Wildman–Crippen MR) is 92.7 cm³/mol. The maximum absolute atomic E-state index is 14.3. The van der Waals surface area contributed by atoms with Gasteiger partial charge in [-0.05, 0) is 24.3 Å². The Labute approximate surface area is 143 Å². The second-order valence-electron chi connectivity index (χ2n) is 5.54. The van der Waals surface area contributed by atoms with E-state index in [0.29, 0.717) is 21.5 Å². The van der Waals surface area contributed by atoms with Crippen LogP contribution in [0.3, 0.4) is 0 Å². The number of ketones is 1. The Kier molecular flexibility index (Phi) is 4.19. The largest absolute Gasteiger partial charge is 0.352 e. The maximum Gasteiger partial charge on any atom is 0.194 e. The molecule has 0 unspecified atom stereocenters. The van der Waals surface area contributed by atoms with Crippen molar-refractivity contribution in [1.82, 2.24) is 4.98 Å². The van der Waals surface area contributed by atoms with Crippen molar-refractivity contribution in [3.63, 3.8) is 0 Å². The Balaban J connectivity index is 2.32. The third kappa shape index (κ3) is 3.20. The second kappa shape index (κ2) is 6.03. The number of H-pyrrole nitrogens is 1. The van der Waals surface area contributed by atoms with Crippen molar-refractivity contribution in [1.29, 1.82) is 0 Å². The lowest BCUT2D eigenvalue weighted by Crippen LogP contribution is -2.15. The predicted octanol–water partition coefficient (Wildman–Crippen LogP) is 3.85. The van der Waals surface area contributed by atoms with E-state index < -0.39 is 27.2 Å². The number of carbonyl (C=O) groups excluding carboxylic acids is 1. The number of rotatable bonds is 4. The number of benzene rings is 2. The number of fused-ring (bicyclic) bond motifs is 1. The van der Waals surface area contributed by atoms with Crippen LogP contribution >= 0.6 is 11.6 Å². The molecule has 7 heteroatoms. The molecule has 0 fully saturated rings. The average molecular weight is 366 g/mol. The molecule has 0 aliphatic carbocycles. The van der Waals surface area contributed by atoms with Crippen LogP contribution in [0, 0.1) is 5.82 Å². The molecule has 1 N–H and O–H groups in total. The minimum Gasteiger partial charge on any atom is -0.352 e. The summed E-state index contributed by atoms with van der Waals surface area (Å²) >= 11 is 6.02. The molecule has 0 aliphatic heterocycles. The molecule has 0 aliphatic rings. The summed E-state index contributed by atoms with van der Waals surface area (Å²) in [6.07, 6.45) is 0.979. The first-order chi connectivity index (χ1) is 11.3. The van der Waals surface area contributed by atoms with Crippen LogP contribution < -0.4 is 0 Å². The van der Waals surface area contributed by atoms with E-state index in [9.17, 15) is 17.6 Å². The van der Waals surface area contributed by atoms with Crippen LogP contribution in [0.25, 0.3) is 22.0 Å². The summed E-state index contributed by atoms with van der Waals surface area (Å²) in [5, 5.41) is 0.991. The molecule has 4 nitrogen and oxygen atoms in total. The summed E-state index contributed by atoms with van der Waals surface area (Å²) in [5.74, 6) is -1.79. The number of aromatic amines is 1. The molecule has 0 radical (unpaired) electrons. The zero-order valence-electron chi connectivity index (χ0n) is 12.6. The number of hydrogen-bond acceptors (Lipinski definition) is 3. The first-order valence-corrected chi connectivity index (χ1v) is 9.47. The van der Waals surface area contributed by atoms with E-state index in [1.165, 1.54) is 12.1 Å². The number of Topliss-reactive ketones (excluding diaryl/α,β-unsaturated/α-hetero) is 1. The molecule has 3 rings (SSSR count). The number of carbonyl (C=O) groups is 1. The number of aromatic nitrogens is 1. The Bertz CT molecular complexity index is 1060. The fraction of sp³-hybridized carbons (Fsp3) is 0.118. The molecule has 3 aromatic rings. The molecule has 2 aromatic carbocycles. The van der Waals surface area contributed by atoms with Gasteiger partial charge in [-0.25, -0.2) is 12.8 Å². The lowest BCUT2D eigenvalue weighted by molar-refractivity contribution is 0.101. The van der Waals surface area contributed by atoms with Crippen molar-refractivity contribution in [3.8, 4) is 11.1 Å². The van der Waals surface area contributed by atoms with Gasteiger partial charge in [-0.2, -0.15) is 0 Å². The van der Waals surface area contributed by atoms with E-state index in [1.54, 1.807) is 30.3 Å². The van der Waals surface area contributed by atoms with Gasteiger partial charge in [0.25, 0.3) is 0 Å². The second-order valence-corrected chi connectivity index (χ2v) is 8.11. The Morgan fingerprint density at radius 3 is 2.58 bits per heavy atom. The van der Waals surface area contributed by atoms with Gasteiger partial charge < -0.3 is 4.98 Å². The molecule has 124 valence electrons. The molecule has 0 saturated carbocycles. The molecule has 0 atom stereocenters. The van der Waals surface area contributed by atoms with Gasteiger partial charge in [-0.1, -0.05) is 29.8 Å². The molecular formula is C17H13ClFNO3S. The minimum absolute atomic E-state index is 0.0581. The Morgan fingerprint density at radius 1 is 1.21 bits per heavy atom. The maximum atomic E-state index is 14.3. The zero-order chi connectivity index (χ0) is 17.5. The molecule has 0 spiro atoms. The van der Waals surface area contributed by atoms with Crippen LogP contribution in [-0.4, -0.2) is 31.2 Å². The normalized spacial score (nSPS) is 11.8. The highest BCUT2D eigenvalue weighted by atomic mass is 35.5. The van der Waals surface area contributed by atoms with Crippen molar-refractivity contribution in [2.24, 2.45) is 0 Å². The fourth-order valence-corrected chi connectivity index (χ4v) is 3.42. The highest BCUT2D eigenvalue weighted by molar-refractivity contribution is 7.91. The first kappa shape index (κ1) is 16.7. The van der Waals surface area contributed by atoms with Gasteiger partial charge in [0.15, 0.2) is 15.6 Å². The summed E-state index contributed by atoms with van der Waals surface area (Å²) in [6, 6.07) is 10.9. The van der Waals surface area contributed by atoms with Crippen LogP contribution in [0.2, 0.25) is 5.02 Å². The van der Waals surface area contributed by atoms with Gasteiger partial charge in [-0.15, -0.1) is 0 Å². The number of hydrogen-bond donors (Lipinski definition) is 1. The van der Waals surface area contributed by atoms with E-state index in [-0.39, 0.29) is 11.3 Å². The van der Waals surface area contributed by atoms with Gasteiger partial charge in [0.05, 0.1) is 5.69 Å². The number of nitrogens with one attached hydrogen (secondary N) is 1. The average Bonchev–Trinajstić information content (AvgIpc) is 2.84. The van der Waals surface area contributed by atoms with Gasteiger partial charge in [-0.3, -0.25) is 4.79 Å². The van der Waals surface area contributed by atoms with Crippen molar-refractivity contribution >= 4 is 38.1 Å². The summed E-state index contributed by atoms with van der Waals surface area (Å²) < 4.78 is 37.2. The van der Waals surface area contributed by atoms with E-state index in [0.717, 1.165) is 6.26 Å². The van der Waals surface area contributed by atoms with Crippen LogP contribution in [-0.2, 0) is 9.84 Å². The molecule has 0 saturated heterocycles. The van der Waals surface area contributed by atoms with Crippen molar-refractivity contribution in [3.05, 3.63) is 59.0 Å². The summed E-state index contributed by atoms with van der Waals surface area (Å²) in [4.78, 5) is 15.4. The SMILES string of the molecule is CS(=O)(=O)CC(=O)c1[nH]c2ccc(Cl)cc2c1-c1ccccc1F. The van der Waals surface area contributed by atoms with E-state index in [1.807, 2.05) is 0 Å². The van der Waals surface area contributed by atoms with Crippen LogP contribution in [0.1, 0.15) is 10.5 Å². The Morgan fingerprint density at radius 2 is 1.92 bits per heavy atom. The number of sulfone groups is 1. The molecule has 0 amide bonds. The molecule has 24 heavy (non-hydrogen) atoms. The zero-order valence-corrected chi connectivity index (χ0v) is 14.2. The third-order valence-electron chi connectivity index (χ3n) is 3.58. The van der Waals surface area contributed by atoms with Crippen LogP contribution in [0.15, 0.2) is 42.5 Å². The van der Waals surface area contributed by atoms with E-state index in [4.69, 9.17) is 11.6 Å². The summed E-state index contributed by atoms with van der Waals surface area (Å²) in [5.41, 5.74) is 1.17. The van der Waals surface area contributed by atoms with Gasteiger partial charge in [0, 0.05) is 33.3 Å². The monoisotopic (exact) mass is 365 g/mol. The van der Waals surface area contributed by atoms with E-state index >= 15 is 0 Å². The minimum atomic E-state index is -3.52. The lowest BCUT2D eigenvalue weighted by Gasteiger charge is -2.06. The third-order valence-corrected chi connectivity index (χ3v) is 4.60. The van der Waals surface area contributed by atoms with Crippen LogP contribution in [0.5, 0.6) is 0 Å². The standard InChI is InChI=1S/C17H13ClFNO3S/c1-24(22,23)9-15(21)17-16(11-4-2-3-5-13(11)19)12-8-10(18)6-7-14(12)20-17/h2-8,20H,9H2,1H3. The Hall–Kier alpha value is -2.18. The van der Waals surface area contributed by atoms with Crippen molar-refractivity contribution in [2.45, 2.75) is 0 Å². The summed E-state index contributed by atoms with van der Waals surface area (Å²) in [6.45, 7) is 0. The summed E-state index contributed by atoms with van der Waals surface area (Å²) in [7, 11) is -3.52. The highest BCUT2D eigenvalue weighted by Gasteiger charge is 2.23. The van der Waals surface area contributed by atoms with E-state index in [2.05, 4.69) is 4.98 Å². The fourth-order valence-electron chi connectivity index (χ4n) is 2.63. The highest BCUT2D eigenvalue weighted by Crippen LogP contribution is 2.35. The molecule has 1 heterocycles. The number of halogens is 2. The van der Waals surface area contributed by atoms with Crippen molar-refractivity contribution < 1.29 is 17.6 Å². The topological polar surface area (TPSA) is 67.0 Å². The van der Waals surface area contributed by atoms with Crippen molar-refractivity contribution in [2.75, 3.05) is 12.0 Å². The lowest BCUT2D eigenvalue weighted by atomic mass is 10.00. The van der Waals surface area contributed by atoms with Gasteiger partial charge in [0.1, 0.15) is 11.6 Å². The molecule has 1 aromatic heterocycles. The smallest absolute Gasteiger partial charge is 0.194 e.